The molecule has 0 aromatic heterocycles. The van der Waals surface area contributed by atoms with Crippen molar-refractivity contribution in [3.63, 3.8) is 0 Å². The molecule has 0 spiro atoms. The molecular weight excluding hydrogens is 264 g/mol. The number of hydrogen-bond donors (Lipinski definition) is 2. The molecule has 0 aromatic rings. The lowest BCUT2D eigenvalue weighted by Crippen LogP contribution is -2.33. The van der Waals surface area contributed by atoms with Crippen LogP contribution in [0.25, 0.3) is 0 Å². The van der Waals surface area contributed by atoms with Crippen molar-refractivity contribution < 1.29 is 13.2 Å². The van der Waals surface area contributed by atoms with Crippen LogP contribution in [0.2, 0.25) is 0 Å². The lowest BCUT2D eigenvalue weighted by atomic mass is 9.96. The van der Waals surface area contributed by atoms with E-state index in [9.17, 15) is 13.2 Å². The minimum absolute atomic E-state index is 0.00543. The second-order valence-electron chi connectivity index (χ2n) is 5.82. The first-order valence-corrected chi connectivity index (χ1v) is 9.05. The molecule has 0 saturated carbocycles. The van der Waals surface area contributed by atoms with Gasteiger partial charge in [0.2, 0.25) is 5.91 Å². The molecule has 2 fully saturated rings. The van der Waals surface area contributed by atoms with Gasteiger partial charge in [0.05, 0.1) is 11.5 Å². The molecule has 2 rings (SSSR count). The molecule has 6 heteroatoms. The van der Waals surface area contributed by atoms with Gasteiger partial charge in [-0.2, -0.15) is 0 Å². The van der Waals surface area contributed by atoms with Crippen molar-refractivity contribution in [3.8, 4) is 0 Å². The summed E-state index contributed by atoms with van der Waals surface area (Å²) in [6.45, 7) is 2.88. The molecule has 0 radical (unpaired) electrons. The zero-order valence-electron chi connectivity index (χ0n) is 11.4. The number of sulfone groups is 1. The highest BCUT2D eigenvalue weighted by Crippen LogP contribution is 2.21. The van der Waals surface area contributed by atoms with Crippen LogP contribution in [0.1, 0.15) is 32.1 Å². The van der Waals surface area contributed by atoms with Gasteiger partial charge in [0.1, 0.15) is 0 Å². The first kappa shape index (κ1) is 14.8. The van der Waals surface area contributed by atoms with Crippen molar-refractivity contribution in [1.82, 2.24) is 10.6 Å². The van der Waals surface area contributed by atoms with Crippen LogP contribution in [0, 0.1) is 11.8 Å². The molecule has 0 aliphatic carbocycles. The third kappa shape index (κ3) is 5.10. The molecule has 2 unspecified atom stereocenters. The van der Waals surface area contributed by atoms with Crippen molar-refractivity contribution in [2.45, 2.75) is 32.1 Å². The fraction of sp³-hybridized carbons (Fsp3) is 0.923. The first-order valence-electron chi connectivity index (χ1n) is 7.23. The van der Waals surface area contributed by atoms with Crippen molar-refractivity contribution >= 4 is 15.7 Å². The van der Waals surface area contributed by atoms with Crippen molar-refractivity contribution in [2.24, 2.45) is 11.8 Å². The molecule has 2 N–H and O–H groups in total. The molecular formula is C13H24N2O3S. The largest absolute Gasteiger partial charge is 0.356 e. The average molecular weight is 288 g/mol. The fourth-order valence-electron chi connectivity index (χ4n) is 2.95. The van der Waals surface area contributed by atoms with Crippen molar-refractivity contribution in [1.29, 1.82) is 0 Å². The summed E-state index contributed by atoms with van der Waals surface area (Å²) in [5.74, 6) is 1.14. The minimum Gasteiger partial charge on any atom is -0.356 e. The van der Waals surface area contributed by atoms with E-state index in [1.54, 1.807) is 0 Å². The smallest absolute Gasteiger partial charge is 0.220 e. The van der Waals surface area contributed by atoms with Gasteiger partial charge < -0.3 is 10.6 Å². The van der Waals surface area contributed by atoms with Gasteiger partial charge >= 0.3 is 0 Å². The number of amides is 1. The van der Waals surface area contributed by atoms with Crippen LogP contribution in [-0.2, 0) is 14.6 Å². The summed E-state index contributed by atoms with van der Waals surface area (Å²) < 4.78 is 22.6. The lowest BCUT2D eigenvalue weighted by Gasteiger charge is -2.22. The van der Waals surface area contributed by atoms with Gasteiger partial charge in [-0.3, -0.25) is 4.79 Å². The predicted octanol–water partition coefficient (Wildman–Crippen LogP) is 0.317. The number of carbonyl (C=O) groups is 1. The van der Waals surface area contributed by atoms with E-state index in [-0.39, 0.29) is 23.3 Å². The summed E-state index contributed by atoms with van der Waals surface area (Å²) in [5.41, 5.74) is 0. The summed E-state index contributed by atoms with van der Waals surface area (Å²) >= 11 is 0. The van der Waals surface area contributed by atoms with Gasteiger partial charge in [0.15, 0.2) is 9.84 Å². The number of nitrogens with one attached hydrogen (secondary N) is 2. The molecule has 5 nitrogen and oxygen atoms in total. The fourth-order valence-corrected chi connectivity index (χ4v) is 4.82. The van der Waals surface area contributed by atoms with Crippen LogP contribution in [0.15, 0.2) is 0 Å². The van der Waals surface area contributed by atoms with E-state index in [2.05, 4.69) is 10.6 Å². The Morgan fingerprint density at radius 2 is 2.11 bits per heavy atom. The Bertz CT molecular complexity index is 402. The quantitative estimate of drug-likeness (QED) is 0.764. The Hall–Kier alpha value is -0.620. The molecule has 2 saturated heterocycles. The summed E-state index contributed by atoms with van der Waals surface area (Å²) in [6, 6.07) is 0. The van der Waals surface area contributed by atoms with Crippen molar-refractivity contribution in [3.05, 3.63) is 0 Å². The highest BCUT2D eigenvalue weighted by molar-refractivity contribution is 7.91. The Morgan fingerprint density at radius 3 is 2.74 bits per heavy atom. The summed E-state index contributed by atoms with van der Waals surface area (Å²) in [4.78, 5) is 11.7. The van der Waals surface area contributed by atoms with Gasteiger partial charge in [-0.1, -0.05) is 0 Å². The third-order valence-electron chi connectivity index (χ3n) is 4.07. The number of piperidine rings is 1. The van der Waals surface area contributed by atoms with Gasteiger partial charge in [-0.15, -0.1) is 0 Å². The number of rotatable bonds is 5. The maximum Gasteiger partial charge on any atom is 0.220 e. The maximum atomic E-state index is 11.7. The van der Waals surface area contributed by atoms with E-state index in [0.717, 1.165) is 19.5 Å². The van der Waals surface area contributed by atoms with Crippen LogP contribution in [0.4, 0.5) is 0 Å². The van der Waals surface area contributed by atoms with E-state index >= 15 is 0 Å². The number of carbonyl (C=O) groups excluding carboxylic acids is 1. The standard InChI is InChI=1S/C13H24N2O3S/c16-13(8-12-4-7-19(17,18)10-12)15-6-3-11-2-1-5-14-9-11/h11-12,14H,1-10H2,(H,15,16). The van der Waals surface area contributed by atoms with Crippen LogP contribution >= 0.6 is 0 Å². The monoisotopic (exact) mass is 288 g/mol. The van der Waals surface area contributed by atoms with Crippen LogP contribution in [0.5, 0.6) is 0 Å². The molecule has 2 heterocycles. The highest BCUT2D eigenvalue weighted by Gasteiger charge is 2.29. The molecule has 19 heavy (non-hydrogen) atoms. The van der Waals surface area contributed by atoms with E-state index in [0.29, 0.717) is 25.3 Å². The summed E-state index contributed by atoms with van der Waals surface area (Å²) in [6.07, 6.45) is 4.48. The third-order valence-corrected chi connectivity index (χ3v) is 5.91. The van der Waals surface area contributed by atoms with Crippen LogP contribution in [0.3, 0.4) is 0 Å². The summed E-state index contributed by atoms with van der Waals surface area (Å²) in [5, 5.41) is 6.28. The van der Waals surface area contributed by atoms with E-state index in [4.69, 9.17) is 0 Å². The average Bonchev–Trinajstić information content (AvgIpc) is 2.70. The summed E-state index contributed by atoms with van der Waals surface area (Å²) in [7, 11) is -2.87. The SMILES string of the molecule is O=C(CC1CCS(=O)(=O)C1)NCCC1CCCNC1. The van der Waals surface area contributed by atoms with Gasteiger partial charge in [-0.05, 0) is 50.6 Å². The minimum atomic E-state index is -2.87. The van der Waals surface area contributed by atoms with E-state index in [1.807, 2.05) is 0 Å². The maximum absolute atomic E-state index is 11.7. The molecule has 0 aromatic carbocycles. The van der Waals surface area contributed by atoms with Gasteiger partial charge in [0.25, 0.3) is 0 Å². The predicted molar refractivity (Wildman–Crippen MR) is 74.6 cm³/mol. The molecule has 2 aliphatic rings. The molecule has 2 atom stereocenters. The molecule has 1 amide bonds. The second kappa shape index (κ2) is 6.70. The Kier molecular flexibility index (Phi) is 5.21. The Balaban J connectivity index is 1.59. The van der Waals surface area contributed by atoms with Crippen LogP contribution < -0.4 is 10.6 Å². The molecule has 110 valence electrons. The lowest BCUT2D eigenvalue weighted by molar-refractivity contribution is -0.121. The first-order chi connectivity index (χ1) is 9.05. The van der Waals surface area contributed by atoms with Gasteiger partial charge in [-0.25, -0.2) is 8.42 Å². The van der Waals surface area contributed by atoms with Crippen LogP contribution in [-0.4, -0.2) is 45.5 Å². The Labute approximate surface area is 115 Å². The van der Waals surface area contributed by atoms with Crippen molar-refractivity contribution in [2.75, 3.05) is 31.1 Å². The zero-order chi connectivity index (χ0) is 13.7. The normalized spacial score (nSPS) is 30.1. The zero-order valence-corrected chi connectivity index (χ0v) is 12.2. The van der Waals surface area contributed by atoms with Gasteiger partial charge in [0, 0.05) is 13.0 Å². The van der Waals surface area contributed by atoms with E-state index < -0.39 is 9.84 Å². The molecule has 0 bridgehead atoms. The van der Waals surface area contributed by atoms with E-state index in [1.165, 1.54) is 12.8 Å². The highest BCUT2D eigenvalue weighted by atomic mass is 32.2. The number of hydrogen-bond acceptors (Lipinski definition) is 4. The Morgan fingerprint density at radius 1 is 1.26 bits per heavy atom. The second-order valence-corrected chi connectivity index (χ2v) is 8.05. The topological polar surface area (TPSA) is 75.3 Å². The molecule has 2 aliphatic heterocycles.